The monoisotopic (exact) mass is 405 g/mol. The van der Waals surface area contributed by atoms with Gasteiger partial charge in [-0.15, -0.1) is 5.10 Å². The lowest BCUT2D eigenvalue weighted by Crippen LogP contribution is -2.21. The number of aromatic amines is 1. The fourth-order valence-electron chi connectivity index (χ4n) is 3.74. The summed E-state index contributed by atoms with van der Waals surface area (Å²) in [4.78, 5) is 17.5. The Morgan fingerprint density at radius 3 is 2.77 bits per heavy atom. The molecule has 0 spiro atoms. The summed E-state index contributed by atoms with van der Waals surface area (Å²) >= 11 is 0. The first-order chi connectivity index (χ1) is 14.5. The molecule has 3 heterocycles. The Kier molecular flexibility index (Phi) is 4.55. The number of pyridine rings is 1. The predicted octanol–water partition coefficient (Wildman–Crippen LogP) is 3.00. The molecule has 0 saturated carbocycles. The Labute approximate surface area is 171 Å². The number of hydrogen-bond acceptors (Lipinski definition) is 5. The zero-order valence-corrected chi connectivity index (χ0v) is 16.4. The third-order valence-electron chi connectivity index (χ3n) is 5.33. The number of nitrogens with one attached hydrogen (secondary N) is 1. The van der Waals surface area contributed by atoms with Crippen LogP contribution in [0, 0.1) is 5.82 Å². The average Bonchev–Trinajstić information content (AvgIpc) is 3.38. The van der Waals surface area contributed by atoms with Gasteiger partial charge in [0.05, 0.1) is 17.4 Å². The van der Waals surface area contributed by atoms with Crippen molar-refractivity contribution in [2.45, 2.75) is 12.5 Å². The molecule has 0 aliphatic carbocycles. The predicted molar refractivity (Wildman–Crippen MR) is 111 cm³/mol. The molecule has 1 aliphatic heterocycles. The fourth-order valence-corrected chi connectivity index (χ4v) is 3.74. The summed E-state index contributed by atoms with van der Waals surface area (Å²) in [6, 6.07) is 13.5. The molecule has 152 valence electrons. The van der Waals surface area contributed by atoms with E-state index in [1.807, 2.05) is 24.3 Å². The van der Waals surface area contributed by atoms with E-state index >= 15 is 0 Å². The molecule has 2 aromatic carbocycles. The minimum atomic E-state index is -0.365. The van der Waals surface area contributed by atoms with Crippen LogP contribution in [0.25, 0.3) is 27.8 Å². The second-order valence-corrected chi connectivity index (χ2v) is 7.58. The van der Waals surface area contributed by atoms with Gasteiger partial charge in [-0.2, -0.15) is 0 Å². The number of aromatic nitrogens is 4. The van der Waals surface area contributed by atoms with E-state index in [2.05, 4.69) is 27.2 Å². The summed E-state index contributed by atoms with van der Waals surface area (Å²) in [5.74, 6) is 0.447. The molecule has 1 N–H and O–H groups in total. The lowest BCUT2D eigenvalue weighted by atomic mass is 10.1. The number of benzene rings is 2. The highest BCUT2D eigenvalue weighted by Crippen LogP contribution is 2.22. The van der Waals surface area contributed by atoms with Crippen LogP contribution in [-0.4, -0.2) is 51.1 Å². The van der Waals surface area contributed by atoms with Gasteiger partial charge in [-0.05, 0) is 62.0 Å². The third-order valence-corrected chi connectivity index (χ3v) is 5.33. The molecule has 4 aromatic rings. The minimum absolute atomic E-state index is 0.211. The molecule has 1 aliphatic rings. The van der Waals surface area contributed by atoms with Crippen molar-refractivity contribution in [2.75, 3.05) is 20.1 Å². The quantitative estimate of drug-likeness (QED) is 0.565. The van der Waals surface area contributed by atoms with E-state index < -0.39 is 0 Å². The molecule has 0 amide bonds. The van der Waals surface area contributed by atoms with E-state index in [1.165, 1.54) is 12.1 Å². The highest BCUT2D eigenvalue weighted by atomic mass is 19.1. The van der Waals surface area contributed by atoms with E-state index in [9.17, 15) is 9.18 Å². The van der Waals surface area contributed by atoms with E-state index in [0.29, 0.717) is 22.2 Å². The number of likely N-dealkylation sites (tertiary alicyclic amines) is 1. The van der Waals surface area contributed by atoms with Gasteiger partial charge in [0.2, 0.25) is 0 Å². The van der Waals surface area contributed by atoms with Crippen molar-refractivity contribution >= 4 is 10.9 Å². The Morgan fingerprint density at radius 2 is 2.00 bits per heavy atom. The van der Waals surface area contributed by atoms with Gasteiger partial charge < -0.3 is 14.6 Å². The second kappa shape index (κ2) is 7.38. The number of ether oxygens (including phenoxy) is 1. The molecule has 2 aromatic heterocycles. The summed E-state index contributed by atoms with van der Waals surface area (Å²) in [6.45, 7) is 1.98. The number of rotatable bonds is 4. The first-order valence-electron chi connectivity index (χ1n) is 9.76. The van der Waals surface area contributed by atoms with Gasteiger partial charge in [0.1, 0.15) is 23.4 Å². The molecule has 5 rings (SSSR count). The Hall–Kier alpha value is -3.52. The third kappa shape index (κ3) is 3.57. The smallest absolute Gasteiger partial charge is 0.258 e. The molecule has 0 unspecified atom stereocenters. The Morgan fingerprint density at radius 1 is 1.17 bits per heavy atom. The van der Waals surface area contributed by atoms with Gasteiger partial charge in [0, 0.05) is 24.0 Å². The summed E-state index contributed by atoms with van der Waals surface area (Å²) < 4.78 is 21.1. The number of halogens is 1. The summed E-state index contributed by atoms with van der Waals surface area (Å²) in [6.07, 6.45) is 2.91. The molecular weight excluding hydrogens is 385 g/mol. The average molecular weight is 405 g/mol. The van der Waals surface area contributed by atoms with Gasteiger partial charge in [0.15, 0.2) is 0 Å². The highest BCUT2D eigenvalue weighted by molar-refractivity contribution is 5.82. The number of hydrogen-bond donors (Lipinski definition) is 1. The zero-order chi connectivity index (χ0) is 20.7. The van der Waals surface area contributed by atoms with E-state index in [1.54, 1.807) is 23.0 Å². The van der Waals surface area contributed by atoms with Crippen LogP contribution in [0.5, 0.6) is 5.75 Å². The lowest BCUT2D eigenvalue weighted by molar-refractivity contribution is 0.208. The summed E-state index contributed by atoms with van der Waals surface area (Å²) in [5, 5.41) is 8.86. The molecule has 7 nitrogen and oxygen atoms in total. The van der Waals surface area contributed by atoms with Gasteiger partial charge in [0.25, 0.3) is 5.56 Å². The number of H-pyrrole nitrogens is 1. The minimum Gasteiger partial charge on any atom is -0.489 e. The maximum Gasteiger partial charge on any atom is 0.258 e. The summed E-state index contributed by atoms with van der Waals surface area (Å²) in [5.41, 5.74) is 1.82. The van der Waals surface area contributed by atoms with Crippen molar-refractivity contribution in [3.8, 4) is 22.7 Å². The van der Waals surface area contributed by atoms with Crippen molar-refractivity contribution in [2.24, 2.45) is 0 Å². The van der Waals surface area contributed by atoms with Crippen molar-refractivity contribution in [1.82, 2.24) is 24.9 Å². The van der Waals surface area contributed by atoms with Crippen LogP contribution in [0.1, 0.15) is 6.42 Å². The van der Waals surface area contributed by atoms with Crippen LogP contribution < -0.4 is 10.3 Å². The molecule has 1 saturated heterocycles. The van der Waals surface area contributed by atoms with Gasteiger partial charge >= 0.3 is 0 Å². The van der Waals surface area contributed by atoms with E-state index in [4.69, 9.17) is 4.74 Å². The van der Waals surface area contributed by atoms with Gasteiger partial charge in [-0.25, -0.2) is 9.07 Å². The maximum absolute atomic E-state index is 13.5. The molecule has 1 fully saturated rings. The topological polar surface area (TPSA) is 76.0 Å². The molecular formula is C22H20FN5O2. The number of fused-ring (bicyclic) bond motifs is 1. The molecule has 1 atom stereocenters. The van der Waals surface area contributed by atoms with E-state index in [0.717, 1.165) is 30.9 Å². The lowest BCUT2D eigenvalue weighted by Gasteiger charge is -2.14. The SMILES string of the molecule is CN1CC[C@H](Oc2ccc(-n3cc(-c4cc5cc(F)ccc5[nH]c4=O)nn3)cc2)C1. The van der Waals surface area contributed by atoms with Crippen LogP contribution >= 0.6 is 0 Å². The van der Waals surface area contributed by atoms with Crippen LogP contribution in [0.3, 0.4) is 0 Å². The summed E-state index contributed by atoms with van der Waals surface area (Å²) in [7, 11) is 2.09. The van der Waals surface area contributed by atoms with Crippen LogP contribution in [0.15, 0.2) is 59.5 Å². The van der Waals surface area contributed by atoms with Crippen molar-refractivity contribution < 1.29 is 9.13 Å². The molecule has 8 heteroatoms. The van der Waals surface area contributed by atoms with Crippen molar-refractivity contribution in [3.63, 3.8) is 0 Å². The molecule has 0 radical (unpaired) electrons. The van der Waals surface area contributed by atoms with E-state index in [-0.39, 0.29) is 17.5 Å². The van der Waals surface area contributed by atoms with Crippen LogP contribution in [0.4, 0.5) is 4.39 Å². The second-order valence-electron chi connectivity index (χ2n) is 7.58. The Balaban J connectivity index is 1.39. The number of nitrogens with zero attached hydrogens (tertiary/aromatic N) is 4. The fraction of sp³-hybridized carbons (Fsp3) is 0.227. The zero-order valence-electron chi connectivity index (χ0n) is 16.4. The van der Waals surface area contributed by atoms with Crippen molar-refractivity contribution in [3.05, 3.63) is 70.9 Å². The standard InChI is InChI=1S/C22H20FN5O2/c1-27-9-8-18(12-27)30-17-5-3-16(4-6-17)28-13-21(25-26-28)19-11-14-10-15(23)2-7-20(14)24-22(19)29/h2-7,10-11,13,18H,8-9,12H2,1H3,(H,24,29)/t18-/m0/s1. The maximum atomic E-state index is 13.5. The molecule has 0 bridgehead atoms. The van der Waals surface area contributed by atoms with Crippen LogP contribution in [-0.2, 0) is 0 Å². The van der Waals surface area contributed by atoms with Crippen LogP contribution in [0.2, 0.25) is 0 Å². The Bertz CT molecular complexity index is 1260. The molecule has 30 heavy (non-hydrogen) atoms. The normalized spacial score (nSPS) is 16.9. The number of likely N-dealkylation sites (N-methyl/N-ethyl adjacent to an activating group) is 1. The highest BCUT2D eigenvalue weighted by Gasteiger charge is 2.20. The van der Waals surface area contributed by atoms with Gasteiger partial charge in [-0.1, -0.05) is 5.21 Å². The first-order valence-corrected chi connectivity index (χ1v) is 9.76. The first kappa shape index (κ1) is 18.5. The van der Waals surface area contributed by atoms with Gasteiger partial charge in [-0.3, -0.25) is 4.79 Å². The van der Waals surface area contributed by atoms with Crippen molar-refractivity contribution in [1.29, 1.82) is 0 Å². The largest absolute Gasteiger partial charge is 0.489 e.